The van der Waals surface area contributed by atoms with Gasteiger partial charge in [-0.05, 0) is 59.3 Å². The number of aliphatic hydroxyl groups excluding tert-OH is 1. The van der Waals surface area contributed by atoms with Gasteiger partial charge in [0.25, 0.3) is 0 Å². The van der Waals surface area contributed by atoms with Crippen LogP contribution in [0.15, 0.2) is 22.7 Å². The molecule has 1 fully saturated rings. The molecule has 0 bridgehead atoms. The molecule has 110 valence electrons. The maximum absolute atomic E-state index is 13.1. The Hall–Kier alpha value is -0.940. The fourth-order valence-electron chi connectivity index (χ4n) is 2.57. The standard InChI is InChI=1S/C15H19BrFNO2/c1-10(19)12-4-6-18(7-5-12)15(20)9-11-2-3-14(17)13(16)8-11/h2-3,8,10,12,19H,4-7,9H2,1H3. The second-order valence-electron chi connectivity index (χ2n) is 5.38. The Morgan fingerprint density at radius 1 is 1.50 bits per heavy atom. The maximum Gasteiger partial charge on any atom is 0.226 e. The monoisotopic (exact) mass is 343 g/mol. The summed E-state index contributed by atoms with van der Waals surface area (Å²) in [5.41, 5.74) is 0.806. The molecule has 0 aromatic heterocycles. The van der Waals surface area contributed by atoms with Gasteiger partial charge in [0.05, 0.1) is 17.0 Å². The molecule has 1 aromatic rings. The summed E-state index contributed by atoms with van der Waals surface area (Å²) in [6.07, 6.45) is 1.67. The molecular formula is C15H19BrFNO2. The molecule has 1 aliphatic rings. The van der Waals surface area contributed by atoms with Gasteiger partial charge in [0.15, 0.2) is 0 Å². The zero-order valence-corrected chi connectivity index (χ0v) is 13.1. The molecule has 0 saturated carbocycles. The van der Waals surface area contributed by atoms with Crippen molar-refractivity contribution in [1.29, 1.82) is 0 Å². The van der Waals surface area contributed by atoms with Crippen molar-refractivity contribution < 1.29 is 14.3 Å². The van der Waals surface area contributed by atoms with Gasteiger partial charge in [-0.25, -0.2) is 4.39 Å². The van der Waals surface area contributed by atoms with Crippen LogP contribution in [0.2, 0.25) is 0 Å². The first-order valence-corrected chi connectivity index (χ1v) is 7.66. The second-order valence-corrected chi connectivity index (χ2v) is 6.24. The van der Waals surface area contributed by atoms with Crippen LogP contribution in [0.4, 0.5) is 4.39 Å². The number of aliphatic hydroxyl groups is 1. The number of benzene rings is 1. The van der Waals surface area contributed by atoms with E-state index in [0.29, 0.717) is 23.5 Å². The molecule has 2 rings (SSSR count). The molecule has 1 aromatic carbocycles. The van der Waals surface area contributed by atoms with Crippen LogP contribution in [0.3, 0.4) is 0 Å². The molecule has 0 aliphatic carbocycles. The van der Waals surface area contributed by atoms with Crippen molar-refractivity contribution in [2.24, 2.45) is 5.92 Å². The lowest BCUT2D eigenvalue weighted by Crippen LogP contribution is -2.41. The maximum atomic E-state index is 13.1. The third-order valence-corrected chi connectivity index (χ3v) is 4.52. The third kappa shape index (κ3) is 3.79. The topological polar surface area (TPSA) is 40.5 Å². The van der Waals surface area contributed by atoms with Gasteiger partial charge in [0, 0.05) is 13.1 Å². The van der Waals surface area contributed by atoms with Crippen molar-refractivity contribution in [2.45, 2.75) is 32.3 Å². The van der Waals surface area contributed by atoms with Crippen LogP contribution in [0, 0.1) is 11.7 Å². The normalized spacial score (nSPS) is 18.1. The third-order valence-electron chi connectivity index (χ3n) is 3.91. The van der Waals surface area contributed by atoms with Crippen LogP contribution in [-0.2, 0) is 11.2 Å². The van der Waals surface area contributed by atoms with Crippen molar-refractivity contribution >= 4 is 21.8 Å². The van der Waals surface area contributed by atoms with Gasteiger partial charge in [-0.2, -0.15) is 0 Å². The number of nitrogens with zero attached hydrogens (tertiary/aromatic N) is 1. The van der Waals surface area contributed by atoms with E-state index >= 15 is 0 Å². The number of hydrogen-bond donors (Lipinski definition) is 1. The summed E-state index contributed by atoms with van der Waals surface area (Å²) < 4.78 is 13.5. The highest BCUT2D eigenvalue weighted by Gasteiger charge is 2.25. The van der Waals surface area contributed by atoms with Gasteiger partial charge < -0.3 is 10.0 Å². The predicted molar refractivity (Wildman–Crippen MR) is 78.8 cm³/mol. The number of halogens is 2. The Morgan fingerprint density at radius 2 is 2.15 bits per heavy atom. The summed E-state index contributed by atoms with van der Waals surface area (Å²) in [5, 5.41) is 9.55. The SMILES string of the molecule is CC(O)C1CCN(C(=O)Cc2ccc(F)c(Br)c2)CC1. The van der Waals surface area contributed by atoms with Crippen LogP contribution in [0.25, 0.3) is 0 Å². The minimum Gasteiger partial charge on any atom is -0.393 e. The lowest BCUT2D eigenvalue weighted by Gasteiger charge is -2.33. The molecule has 3 nitrogen and oxygen atoms in total. The molecule has 1 atom stereocenters. The van der Waals surface area contributed by atoms with E-state index in [2.05, 4.69) is 15.9 Å². The summed E-state index contributed by atoms with van der Waals surface area (Å²) >= 11 is 3.13. The average Bonchev–Trinajstić information content (AvgIpc) is 2.43. The van der Waals surface area contributed by atoms with Crippen LogP contribution in [0.5, 0.6) is 0 Å². The molecule has 1 N–H and O–H groups in total. The molecule has 20 heavy (non-hydrogen) atoms. The van der Waals surface area contributed by atoms with Gasteiger partial charge >= 0.3 is 0 Å². The van der Waals surface area contributed by atoms with Crippen LogP contribution >= 0.6 is 15.9 Å². The molecule has 5 heteroatoms. The number of carbonyl (C=O) groups excluding carboxylic acids is 1. The summed E-state index contributed by atoms with van der Waals surface area (Å²) in [7, 11) is 0. The molecule has 0 radical (unpaired) electrons. The van der Waals surface area contributed by atoms with E-state index in [0.717, 1.165) is 18.4 Å². The van der Waals surface area contributed by atoms with Gasteiger partial charge in [0.1, 0.15) is 5.82 Å². The summed E-state index contributed by atoms with van der Waals surface area (Å²) in [6, 6.07) is 4.66. The molecule has 1 amide bonds. The molecule has 0 spiro atoms. The van der Waals surface area contributed by atoms with E-state index in [9.17, 15) is 14.3 Å². The minimum absolute atomic E-state index is 0.0625. The highest BCUT2D eigenvalue weighted by atomic mass is 79.9. The summed E-state index contributed by atoms with van der Waals surface area (Å²) in [5.74, 6) is 0.0329. The van der Waals surface area contributed by atoms with Crippen LogP contribution in [-0.4, -0.2) is 35.1 Å². The van der Waals surface area contributed by atoms with E-state index in [4.69, 9.17) is 0 Å². The van der Waals surface area contributed by atoms with Crippen molar-refractivity contribution in [3.05, 3.63) is 34.1 Å². The van der Waals surface area contributed by atoms with Crippen LogP contribution in [0.1, 0.15) is 25.3 Å². The highest BCUT2D eigenvalue weighted by molar-refractivity contribution is 9.10. The van der Waals surface area contributed by atoms with Gasteiger partial charge in [0.2, 0.25) is 5.91 Å². The minimum atomic E-state index is -0.320. The molecule has 1 saturated heterocycles. The van der Waals surface area contributed by atoms with Crippen molar-refractivity contribution in [3.8, 4) is 0 Å². The van der Waals surface area contributed by atoms with E-state index in [-0.39, 0.29) is 24.2 Å². The Kier molecular flexibility index (Phi) is 5.16. The molecule has 1 unspecified atom stereocenters. The van der Waals surface area contributed by atoms with Gasteiger partial charge in [-0.15, -0.1) is 0 Å². The first kappa shape index (κ1) is 15.4. The first-order valence-electron chi connectivity index (χ1n) is 6.87. The molecule has 1 aliphatic heterocycles. The Morgan fingerprint density at radius 3 is 2.70 bits per heavy atom. The quantitative estimate of drug-likeness (QED) is 0.916. The molecule has 1 heterocycles. The van der Waals surface area contributed by atoms with Crippen molar-refractivity contribution in [3.63, 3.8) is 0 Å². The fraction of sp³-hybridized carbons (Fsp3) is 0.533. The second kappa shape index (κ2) is 6.68. The first-order chi connectivity index (χ1) is 9.47. The Bertz CT molecular complexity index is 485. The van der Waals surface area contributed by atoms with Crippen molar-refractivity contribution in [2.75, 3.05) is 13.1 Å². The number of piperidine rings is 1. The number of hydrogen-bond acceptors (Lipinski definition) is 2. The van der Waals surface area contributed by atoms with Crippen molar-refractivity contribution in [1.82, 2.24) is 4.90 Å². The fourth-order valence-corrected chi connectivity index (χ4v) is 2.99. The summed E-state index contributed by atoms with van der Waals surface area (Å²) in [4.78, 5) is 14.0. The van der Waals surface area contributed by atoms with E-state index in [1.807, 2.05) is 4.90 Å². The summed E-state index contributed by atoms with van der Waals surface area (Å²) in [6.45, 7) is 3.19. The zero-order chi connectivity index (χ0) is 14.7. The Balaban J connectivity index is 1.91. The Labute approximate surface area is 126 Å². The van der Waals surface area contributed by atoms with Crippen LogP contribution < -0.4 is 0 Å². The smallest absolute Gasteiger partial charge is 0.226 e. The predicted octanol–water partition coefficient (Wildman–Crippen LogP) is 2.75. The zero-order valence-electron chi connectivity index (χ0n) is 11.5. The van der Waals surface area contributed by atoms with Gasteiger partial charge in [-0.3, -0.25) is 4.79 Å². The lowest BCUT2D eigenvalue weighted by molar-refractivity contribution is -0.132. The van der Waals surface area contributed by atoms with E-state index < -0.39 is 0 Å². The average molecular weight is 344 g/mol. The number of rotatable bonds is 3. The largest absolute Gasteiger partial charge is 0.393 e. The number of amides is 1. The lowest BCUT2D eigenvalue weighted by atomic mass is 9.92. The number of likely N-dealkylation sites (tertiary alicyclic amines) is 1. The molecular weight excluding hydrogens is 325 g/mol. The van der Waals surface area contributed by atoms with Gasteiger partial charge in [-0.1, -0.05) is 6.07 Å². The highest BCUT2D eigenvalue weighted by Crippen LogP contribution is 2.22. The number of carbonyl (C=O) groups is 1. The van der Waals surface area contributed by atoms with E-state index in [1.54, 1.807) is 19.1 Å². The van der Waals surface area contributed by atoms with E-state index in [1.165, 1.54) is 6.07 Å².